The van der Waals surface area contributed by atoms with E-state index in [-0.39, 0.29) is 6.42 Å². The number of hydrogen-bond donors (Lipinski definition) is 1. The van der Waals surface area contributed by atoms with Gasteiger partial charge in [-0.2, -0.15) is 0 Å². The number of rotatable bonds is 3. The molecule has 0 aromatic heterocycles. The van der Waals surface area contributed by atoms with E-state index in [1.54, 1.807) is 18.2 Å². The fraction of sp³-hybridized carbons (Fsp3) is 0.364. The number of ether oxygens (including phenoxy) is 2. The Morgan fingerprint density at radius 2 is 1.94 bits per heavy atom. The van der Waals surface area contributed by atoms with Crippen molar-refractivity contribution in [3.63, 3.8) is 0 Å². The van der Waals surface area contributed by atoms with Crippen LogP contribution < -0.4 is 14.2 Å². The zero-order chi connectivity index (χ0) is 13.2. The van der Waals surface area contributed by atoms with Crippen molar-refractivity contribution in [3.05, 3.63) is 23.8 Å². The molecule has 1 heterocycles. The van der Waals surface area contributed by atoms with E-state index in [1.165, 1.54) is 0 Å². The van der Waals surface area contributed by atoms with Crippen molar-refractivity contribution in [3.8, 4) is 11.5 Å². The second kappa shape index (κ2) is 4.85. The number of sulfonamides is 1. The Labute approximate surface area is 105 Å². The normalized spacial score (nSPS) is 14.1. The Balaban J connectivity index is 2.08. The molecule has 1 aromatic rings. The number of carbonyl (C=O) groups is 1. The maximum atomic E-state index is 11.4. The summed E-state index contributed by atoms with van der Waals surface area (Å²) in [5, 5.41) is 0. The number of fused-ring (bicyclic) bond motifs is 1. The Morgan fingerprint density at radius 3 is 2.61 bits per heavy atom. The first-order valence-electron chi connectivity index (χ1n) is 5.33. The van der Waals surface area contributed by atoms with Crippen LogP contribution in [-0.2, 0) is 21.2 Å². The van der Waals surface area contributed by atoms with E-state index in [0.717, 1.165) is 6.26 Å². The van der Waals surface area contributed by atoms with Crippen molar-refractivity contribution in [2.24, 2.45) is 0 Å². The lowest BCUT2D eigenvalue weighted by atomic mass is 10.1. The van der Waals surface area contributed by atoms with Crippen LogP contribution in [0.3, 0.4) is 0 Å². The molecule has 1 aliphatic heterocycles. The van der Waals surface area contributed by atoms with Crippen LogP contribution in [0.15, 0.2) is 18.2 Å². The zero-order valence-electron chi connectivity index (χ0n) is 9.80. The van der Waals surface area contributed by atoms with Crippen LogP contribution in [-0.4, -0.2) is 33.8 Å². The van der Waals surface area contributed by atoms with E-state index in [1.807, 2.05) is 4.72 Å². The average Bonchev–Trinajstić information content (AvgIpc) is 2.26. The highest BCUT2D eigenvalue weighted by Gasteiger charge is 2.14. The molecule has 0 unspecified atom stereocenters. The Hall–Kier alpha value is -1.76. The monoisotopic (exact) mass is 271 g/mol. The van der Waals surface area contributed by atoms with Gasteiger partial charge >= 0.3 is 0 Å². The summed E-state index contributed by atoms with van der Waals surface area (Å²) >= 11 is 0. The van der Waals surface area contributed by atoms with Crippen LogP contribution in [0.25, 0.3) is 0 Å². The van der Waals surface area contributed by atoms with Crippen LogP contribution >= 0.6 is 0 Å². The van der Waals surface area contributed by atoms with Gasteiger partial charge in [-0.05, 0) is 17.7 Å². The van der Waals surface area contributed by atoms with Crippen molar-refractivity contribution < 1.29 is 22.7 Å². The highest BCUT2D eigenvalue weighted by molar-refractivity contribution is 7.89. The predicted octanol–water partition coefficient (Wildman–Crippen LogP) is 0.0761. The van der Waals surface area contributed by atoms with E-state index >= 15 is 0 Å². The van der Waals surface area contributed by atoms with Gasteiger partial charge in [-0.15, -0.1) is 0 Å². The highest BCUT2D eigenvalue weighted by atomic mass is 32.2. The molecule has 7 heteroatoms. The molecule has 1 aliphatic rings. The fourth-order valence-electron chi connectivity index (χ4n) is 1.63. The molecule has 6 nitrogen and oxygen atoms in total. The molecular weight excluding hydrogens is 258 g/mol. The first-order chi connectivity index (χ1) is 8.44. The number of hydrogen-bond acceptors (Lipinski definition) is 5. The topological polar surface area (TPSA) is 81.7 Å². The molecule has 98 valence electrons. The van der Waals surface area contributed by atoms with Crippen LogP contribution in [0.1, 0.15) is 5.56 Å². The lowest BCUT2D eigenvalue weighted by Crippen LogP contribution is -2.30. The molecule has 0 atom stereocenters. The third kappa shape index (κ3) is 3.36. The first-order valence-corrected chi connectivity index (χ1v) is 7.22. The average molecular weight is 271 g/mol. The molecule has 1 N–H and O–H groups in total. The minimum absolute atomic E-state index is 0.0241. The molecular formula is C11H13NO5S. The second-order valence-corrected chi connectivity index (χ2v) is 5.70. The summed E-state index contributed by atoms with van der Waals surface area (Å²) in [5.41, 5.74) is 0.667. The third-order valence-electron chi connectivity index (χ3n) is 2.27. The number of benzene rings is 1. The number of amides is 1. The molecule has 0 spiro atoms. The molecule has 1 aromatic carbocycles. The molecule has 0 saturated carbocycles. The van der Waals surface area contributed by atoms with E-state index in [4.69, 9.17) is 9.47 Å². The molecule has 0 fully saturated rings. The van der Waals surface area contributed by atoms with E-state index in [9.17, 15) is 13.2 Å². The molecule has 2 rings (SSSR count). The number of carbonyl (C=O) groups excluding carboxylic acids is 1. The van der Waals surface area contributed by atoms with Crippen molar-refractivity contribution in [2.45, 2.75) is 6.42 Å². The summed E-state index contributed by atoms with van der Waals surface area (Å²) in [6, 6.07) is 5.09. The lowest BCUT2D eigenvalue weighted by molar-refractivity contribution is -0.118. The van der Waals surface area contributed by atoms with E-state index in [0.29, 0.717) is 30.3 Å². The second-order valence-electron chi connectivity index (χ2n) is 3.95. The van der Waals surface area contributed by atoms with Gasteiger partial charge in [-0.3, -0.25) is 9.52 Å². The molecule has 1 amide bonds. The van der Waals surface area contributed by atoms with Crippen molar-refractivity contribution in [1.29, 1.82) is 0 Å². The molecule has 0 bridgehead atoms. The van der Waals surface area contributed by atoms with E-state index in [2.05, 4.69) is 0 Å². The SMILES string of the molecule is CS(=O)(=O)NC(=O)Cc1ccc2c(c1)OCCO2. The Kier molecular flexibility index (Phi) is 3.42. The number of nitrogens with one attached hydrogen (secondary N) is 1. The molecule has 0 radical (unpaired) electrons. The summed E-state index contributed by atoms with van der Waals surface area (Å²) in [4.78, 5) is 11.4. The van der Waals surface area contributed by atoms with Crippen LogP contribution in [0.4, 0.5) is 0 Å². The van der Waals surface area contributed by atoms with Gasteiger partial charge in [-0.1, -0.05) is 6.07 Å². The van der Waals surface area contributed by atoms with Crippen molar-refractivity contribution in [1.82, 2.24) is 4.72 Å². The van der Waals surface area contributed by atoms with Crippen molar-refractivity contribution >= 4 is 15.9 Å². The van der Waals surface area contributed by atoms with Gasteiger partial charge in [0.1, 0.15) is 13.2 Å². The van der Waals surface area contributed by atoms with Gasteiger partial charge in [0, 0.05) is 0 Å². The summed E-state index contributed by atoms with van der Waals surface area (Å²) in [6.07, 6.45) is 0.915. The van der Waals surface area contributed by atoms with Crippen molar-refractivity contribution in [2.75, 3.05) is 19.5 Å². The predicted molar refractivity (Wildman–Crippen MR) is 64.1 cm³/mol. The van der Waals surface area contributed by atoms with Gasteiger partial charge in [0.2, 0.25) is 15.9 Å². The maximum Gasteiger partial charge on any atom is 0.237 e. The van der Waals surface area contributed by atoms with Gasteiger partial charge < -0.3 is 9.47 Å². The minimum atomic E-state index is -3.52. The Morgan fingerprint density at radius 1 is 1.28 bits per heavy atom. The minimum Gasteiger partial charge on any atom is -0.486 e. The largest absolute Gasteiger partial charge is 0.486 e. The lowest BCUT2D eigenvalue weighted by Gasteiger charge is -2.18. The smallest absolute Gasteiger partial charge is 0.237 e. The standard InChI is InChI=1S/C11H13NO5S/c1-18(14,15)12-11(13)7-8-2-3-9-10(6-8)17-5-4-16-9/h2-3,6H,4-5,7H2,1H3,(H,12,13). The summed E-state index contributed by atoms with van der Waals surface area (Å²) in [7, 11) is -3.52. The summed E-state index contributed by atoms with van der Waals surface area (Å²) < 4.78 is 34.4. The van der Waals surface area contributed by atoms with Gasteiger partial charge in [0.15, 0.2) is 11.5 Å². The maximum absolute atomic E-state index is 11.4. The first kappa shape index (κ1) is 12.7. The van der Waals surface area contributed by atoms with Gasteiger partial charge in [-0.25, -0.2) is 8.42 Å². The Bertz CT molecular complexity index is 567. The molecule has 0 saturated heterocycles. The fourth-order valence-corrected chi connectivity index (χ4v) is 2.11. The van der Waals surface area contributed by atoms with Crippen LogP contribution in [0.5, 0.6) is 11.5 Å². The quantitative estimate of drug-likeness (QED) is 0.841. The molecule has 18 heavy (non-hydrogen) atoms. The summed E-state index contributed by atoms with van der Waals surface area (Å²) in [5.74, 6) is 0.633. The molecule has 0 aliphatic carbocycles. The van der Waals surface area contributed by atoms with Crippen LogP contribution in [0, 0.1) is 0 Å². The van der Waals surface area contributed by atoms with E-state index < -0.39 is 15.9 Å². The third-order valence-corrected chi connectivity index (χ3v) is 2.87. The summed E-state index contributed by atoms with van der Waals surface area (Å²) in [6.45, 7) is 0.965. The zero-order valence-corrected chi connectivity index (χ0v) is 10.6. The van der Waals surface area contributed by atoms with Gasteiger partial charge in [0.25, 0.3) is 0 Å². The van der Waals surface area contributed by atoms with Gasteiger partial charge in [0.05, 0.1) is 12.7 Å². The highest BCUT2D eigenvalue weighted by Crippen LogP contribution is 2.30. The van der Waals surface area contributed by atoms with Crippen LogP contribution in [0.2, 0.25) is 0 Å².